The maximum Gasteiger partial charge on any atom is 0.0700 e. The minimum absolute atomic E-state index is 0.389. The highest BCUT2D eigenvalue weighted by molar-refractivity contribution is 9.09. The molecule has 0 aromatic rings. The van der Waals surface area contributed by atoms with E-state index >= 15 is 0 Å². The molecular weight excluding hydrogens is 292 g/mol. The van der Waals surface area contributed by atoms with E-state index in [1.807, 2.05) is 0 Å². The first kappa shape index (κ1) is 16.5. The average molecular weight is 321 g/mol. The van der Waals surface area contributed by atoms with Gasteiger partial charge in [0.25, 0.3) is 0 Å². The summed E-state index contributed by atoms with van der Waals surface area (Å²) in [5.41, 5.74) is 0.389. The van der Waals surface area contributed by atoms with Crippen LogP contribution < -0.4 is 0 Å². The molecule has 1 rings (SSSR count). The van der Waals surface area contributed by atoms with Crippen molar-refractivity contribution in [2.75, 3.05) is 31.8 Å². The van der Waals surface area contributed by atoms with Gasteiger partial charge in [0.05, 0.1) is 19.8 Å². The van der Waals surface area contributed by atoms with Crippen LogP contribution in [0.3, 0.4) is 0 Å². The van der Waals surface area contributed by atoms with Crippen molar-refractivity contribution in [2.45, 2.75) is 58.3 Å². The second kappa shape index (κ2) is 10.2. The Labute approximate surface area is 121 Å². The molecule has 2 nitrogen and oxygen atoms in total. The lowest BCUT2D eigenvalue weighted by atomic mass is 9.83. The predicted molar refractivity (Wildman–Crippen MR) is 80.5 cm³/mol. The molecule has 0 saturated heterocycles. The summed E-state index contributed by atoms with van der Waals surface area (Å²) in [7, 11) is 0. The smallest absolute Gasteiger partial charge is 0.0700 e. The predicted octanol–water partition coefficient (Wildman–Crippen LogP) is 4.56. The van der Waals surface area contributed by atoms with Crippen molar-refractivity contribution in [2.24, 2.45) is 5.41 Å². The molecule has 0 amide bonds. The topological polar surface area (TPSA) is 18.5 Å². The molecule has 0 radical (unpaired) electrons. The summed E-state index contributed by atoms with van der Waals surface area (Å²) in [4.78, 5) is 0. The van der Waals surface area contributed by atoms with E-state index in [0.717, 1.165) is 38.2 Å². The summed E-state index contributed by atoms with van der Waals surface area (Å²) in [6.07, 6.45) is 10.5. The fourth-order valence-electron chi connectivity index (χ4n) is 2.55. The Hall–Kier alpha value is 0.400. The Kier molecular flexibility index (Phi) is 9.34. The highest BCUT2D eigenvalue weighted by Gasteiger charge is 2.29. The number of unbranched alkanes of at least 4 members (excludes halogenated alkanes) is 1. The molecular formula is C15H29BrO2. The largest absolute Gasteiger partial charge is 0.379 e. The van der Waals surface area contributed by atoms with E-state index in [2.05, 4.69) is 22.9 Å². The first-order valence-electron chi connectivity index (χ1n) is 7.54. The van der Waals surface area contributed by atoms with Crippen LogP contribution in [0, 0.1) is 5.41 Å². The molecule has 0 aliphatic heterocycles. The van der Waals surface area contributed by atoms with E-state index in [-0.39, 0.29) is 0 Å². The molecule has 0 heterocycles. The van der Waals surface area contributed by atoms with Gasteiger partial charge < -0.3 is 9.47 Å². The van der Waals surface area contributed by atoms with Gasteiger partial charge in [0.2, 0.25) is 0 Å². The number of rotatable bonds is 9. The lowest BCUT2D eigenvalue weighted by Crippen LogP contribution is -2.29. The number of alkyl halides is 1. The van der Waals surface area contributed by atoms with Gasteiger partial charge in [0, 0.05) is 17.4 Å². The third kappa shape index (κ3) is 6.53. The molecule has 18 heavy (non-hydrogen) atoms. The molecule has 1 fully saturated rings. The standard InChI is InChI=1S/C15H29BrO2/c1-2-3-10-17-11-12-18-14-15(13-16)8-6-4-5-7-9-15/h2-14H2,1H3. The molecule has 0 aromatic carbocycles. The highest BCUT2D eigenvalue weighted by atomic mass is 79.9. The normalized spacial score (nSPS) is 19.7. The maximum absolute atomic E-state index is 5.85. The third-order valence-corrected chi connectivity index (χ3v) is 5.06. The minimum Gasteiger partial charge on any atom is -0.379 e. The zero-order chi connectivity index (χ0) is 13.1. The van der Waals surface area contributed by atoms with Crippen LogP contribution >= 0.6 is 15.9 Å². The van der Waals surface area contributed by atoms with Crippen LogP contribution in [0.1, 0.15) is 58.3 Å². The second-order valence-electron chi connectivity index (χ2n) is 5.57. The Balaban J connectivity index is 2.10. The molecule has 108 valence electrons. The lowest BCUT2D eigenvalue weighted by molar-refractivity contribution is 0.00650. The van der Waals surface area contributed by atoms with E-state index in [9.17, 15) is 0 Å². The van der Waals surface area contributed by atoms with Crippen molar-refractivity contribution >= 4 is 15.9 Å². The van der Waals surface area contributed by atoms with Crippen LogP contribution in [0.2, 0.25) is 0 Å². The van der Waals surface area contributed by atoms with Gasteiger partial charge in [-0.25, -0.2) is 0 Å². The molecule has 1 saturated carbocycles. The third-order valence-electron chi connectivity index (χ3n) is 3.87. The van der Waals surface area contributed by atoms with Gasteiger partial charge in [0.1, 0.15) is 0 Å². The van der Waals surface area contributed by atoms with Crippen molar-refractivity contribution in [3.63, 3.8) is 0 Å². The van der Waals surface area contributed by atoms with E-state index in [4.69, 9.17) is 9.47 Å². The van der Waals surface area contributed by atoms with Crippen LogP contribution in [0.4, 0.5) is 0 Å². The molecule has 0 aromatic heterocycles. The van der Waals surface area contributed by atoms with E-state index in [0.29, 0.717) is 5.41 Å². The Morgan fingerprint density at radius 1 is 0.944 bits per heavy atom. The number of hydrogen-bond donors (Lipinski definition) is 0. The van der Waals surface area contributed by atoms with E-state index in [1.54, 1.807) is 0 Å². The van der Waals surface area contributed by atoms with Crippen molar-refractivity contribution in [1.29, 1.82) is 0 Å². The van der Waals surface area contributed by atoms with Crippen LogP contribution in [-0.2, 0) is 9.47 Å². The van der Waals surface area contributed by atoms with Gasteiger partial charge in [-0.1, -0.05) is 55.0 Å². The van der Waals surface area contributed by atoms with Crippen molar-refractivity contribution in [1.82, 2.24) is 0 Å². The lowest BCUT2D eigenvalue weighted by Gasteiger charge is -2.30. The molecule has 0 spiro atoms. The Morgan fingerprint density at radius 3 is 2.22 bits per heavy atom. The van der Waals surface area contributed by atoms with Gasteiger partial charge in [0.15, 0.2) is 0 Å². The van der Waals surface area contributed by atoms with Crippen LogP contribution in [0.25, 0.3) is 0 Å². The molecule has 1 aliphatic carbocycles. The Morgan fingerprint density at radius 2 is 1.61 bits per heavy atom. The van der Waals surface area contributed by atoms with E-state index < -0.39 is 0 Å². The van der Waals surface area contributed by atoms with Crippen LogP contribution in [0.15, 0.2) is 0 Å². The molecule has 0 N–H and O–H groups in total. The van der Waals surface area contributed by atoms with Gasteiger partial charge in [-0.3, -0.25) is 0 Å². The summed E-state index contributed by atoms with van der Waals surface area (Å²) >= 11 is 3.69. The fourth-order valence-corrected chi connectivity index (χ4v) is 3.27. The minimum atomic E-state index is 0.389. The monoisotopic (exact) mass is 320 g/mol. The van der Waals surface area contributed by atoms with Crippen molar-refractivity contribution < 1.29 is 9.47 Å². The highest BCUT2D eigenvalue weighted by Crippen LogP contribution is 2.36. The number of halogens is 1. The average Bonchev–Trinajstić information content (AvgIpc) is 2.64. The zero-order valence-electron chi connectivity index (χ0n) is 11.9. The summed E-state index contributed by atoms with van der Waals surface area (Å²) in [5.74, 6) is 0. The maximum atomic E-state index is 5.85. The molecule has 0 bridgehead atoms. The number of hydrogen-bond acceptors (Lipinski definition) is 2. The molecule has 0 unspecified atom stereocenters. The van der Waals surface area contributed by atoms with E-state index in [1.165, 1.54) is 44.9 Å². The SMILES string of the molecule is CCCCOCCOCC1(CBr)CCCCCC1. The van der Waals surface area contributed by atoms with Crippen molar-refractivity contribution in [3.8, 4) is 0 Å². The quantitative estimate of drug-likeness (QED) is 0.352. The molecule has 0 atom stereocenters. The van der Waals surface area contributed by atoms with Gasteiger partial charge in [-0.2, -0.15) is 0 Å². The van der Waals surface area contributed by atoms with Crippen molar-refractivity contribution in [3.05, 3.63) is 0 Å². The van der Waals surface area contributed by atoms with Crippen LogP contribution in [0.5, 0.6) is 0 Å². The molecule has 1 aliphatic rings. The first-order chi connectivity index (χ1) is 8.83. The summed E-state index contributed by atoms with van der Waals surface area (Å²) in [6, 6.07) is 0. The summed E-state index contributed by atoms with van der Waals surface area (Å²) in [5, 5.41) is 1.08. The zero-order valence-corrected chi connectivity index (χ0v) is 13.5. The van der Waals surface area contributed by atoms with Gasteiger partial charge in [-0.05, 0) is 19.3 Å². The second-order valence-corrected chi connectivity index (χ2v) is 6.13. The summed E-state index contributed by atoms with van der Waals surface area (Å²) < 4.78 is 11.4. The summed E-state index contributed by atoms with van der Waals surface area (Å²) in [6.45, 7) is 5.46. The first-order valence-corrected chi connectivity index (χ1v) is 8.66. The van der Waals surface area contributed by atoms with Gasteiger partial charge in [-0.15, -0.1) is 0 Å². The Bertz CT molecular complexity index is 189. The van der Waals surface area contributed by atoms with Crippen LogP contribution in [-0.4, -0.2) is 31.8 Å². The fraction of sp³-hybridized carbons (Fsp3) is 1.00. The van der Waals surface area contributed by atoms with Gasteiger partial charge >= 0.3 is 0 Å². The number of ether oxygens (including phenoxy) is 2. The molecule has 3 heteroatoms.